The maximum atomic E-state index is 13.4. The predicted octanol–water partition coefficient (Wildman–Crippen LogP) is 3.86. The number of fused-ring (bicyclic) bond motifs is 1. The van der Waals surface area contributed by atoms with Gasteiger partial charge in [0.05, 0.1) is 26.5 Å². The number of carbonyl (C=O) groups is 2. The molecule has 0 fully saturated rings. The van der Waals surface area contributed by atoms with Crippen molar-refractivity contribution in [3.63, 3.8) is 0 Å². The minimum atomic E-state index is -0.908. The first-order chi connectivity index (χ1) is 15.6. The molecular formula is C25H23NO6. The topological polar surface area (TPSA) is 74.3 Å². The molecule has 1 aliphatic rings. The van der Waals surface area contributed by atoms with Crippen molar-refractivity contribution in [2.24, 2.45) is 0 Å². The Bertz CT molecular complexity index is 1110. The Kier molecular flexibility index (Phi) is 6.26. The number of esters is 1. The third-order valence-electron chi connectivity index (χ3n) is 5.13. The second kappa shape index (κ2) is 9.43. The van der Waals surface area contributed by atoms with Gasteiger partial charge in [0.15, 0.2) is 11.5 Å². The molecule has 7 nitrogen and oxygen atoms in total. The van der Waals surface area contributed by atoms with Crippen molar-refractivity contribution < 1.29 is 28.5 Å². The van der Waals surface area contributed by atoms with E-state index >= 15 is 0 Å². The lowest BCUT2D eigenvalue weighted by molar-refractivity contribution is -0.148. The minimum Gasteiger partial charge on any atom is -0.493 e. The van der Waals surface area contributed by atoms with Crippen molar-refractivity contribution in [1.29, 1.82) is 0 Å². The van der Waals surface area contributed by atoms with Gasteiger partial charge in [-0.2, -0.15) is 0 Å². The Hall–Kier alpha value is -4.00. The molecule has 0 spiro atoms. The summed E-state index contributed by atoms with van der Waals surface area (Å²) < 4.78 is 21.9. The summed E-state index contributed by atoms with van der Waals surface area (Å²) in [5.41, 5.74) is 2.00. The summed E-state index contributed by atoms with van der Waals surface area (Å²) in [7, 11) is 2.81. The zero-order valence-electron chi connectivity index (χ0n) is 17.8. The highest BCUT2D eigenvalue weighted by Gasteiger charge is 2.35. The lowest BCUT2D eigenvalue weighted by atomic mass is 10.1. The van der Waals surface area contributed by atoms with Crippen LogP contribution in [0.3, 0.4) is 0 Å². The fourth-order valence-electron chi connectivity index (χ4n) is 3.49. The zero-order chi connectivity index (χ0) is 22.5. The van der Waals surface area contributed by atoms with E-state index in [1.54, 1.807) is 36.4 Å². The van der Waals surface area contributed by atoms with E-state index in [4.69, 9.17) is 18.9 Å². The first kappa shape index (κ1) is 21.2. The molecule has 3 aromatic carbocycles. The number of nitrogens with zero attached hydrogens (tertiary/aromatic N) is 1. The van der Waals surface area contributed by atoms with Gasteiger partial charge in [0, 0.05) is 5.56 Å². The molecule has 0 radical (unpaired) electrons. The first-order valence-electron chi connectivity index (χ1n) is 10.1. The van der Waals surface area contributed by atoms with Crippen LogP contribution < -0.4 is 19.1 Å². The van der Waals surface area contributed by atoms with Crippen LogP contribution in [0.1, 0.15) is 15.9 Å². The Morgan fingerprint density at radius 2 is 1.72 bits per heavy atom. The van der Waals surface area contributed by atoms with E-state index in [0.29, 0.717) is 35.1 Å². The molecule has 3 aromatic rings. The van der Waals surface area contributed by atoms with Crippen LogP contribution in [0.5, 0.6) is 17.2 Å². The van der Waals surface area contributed by atoms with Gasteiger partial charge in [-0.15, -0.1) is 0 Å². The van der Waals surface area contributed by atoms with Gasteiger partial charge < -0.3 is 23.8 Å². The standard InChI is InChI=1S/C25H23NO6/c1-29-22-14-18(12-13-21(22)31-16-17-8-4-3-5-9-17)24(27)26-15-23(25(28)30-2)32-20-11-7-6-10-19(20)26/h3-14,23H,15-16H2,1-2H3/t23-/m0/s1. The van der Waals surface area contributed by atoms with Crippen LogP contribution >= 0.6 is 0 Å². The van der Waals surface area contributed by atoms with Crippen LogP contribution in [-0.2, 0) is 16.1 Å². The highest BCUT2D eigenvalue weighted by atomic mass is 16.6. The number of carbonyl (C=O) groups excluding carboxylic acids is 2. The molecule has 4 rings (SSSR count). The number of hydrogen-bond donors (Lipinski definition) is 0. The van der Waals surface area contributed by atoms with Crippen LogP contribution in [0, 0.1) is 0 Å². The van der Waals surface area contributed by atoms with E-state index < -0.39 is 12.1 Å². The molecule has 1 atom stereocenters. The van der Waals surface area contributed by atoms with Gasteiger partial charge in [-0.05, 0) is 35.9 Å². The second-order valence-corrected chi connectivity index (χ2v) is 7.15. The number of benzene rings is 3. The van der Waals surface area contributed by atoms with Gasteiger partial charge in [-0.3, -0.25) is 4.79 Å². The number of para-hydroxylation sites is 2. The van der Waals surface area contributed by atoms with Gasteiger partial charge in [0.25, 0.3) is 5.91 Å². The third kappa shape index (κ3) is 4.37. The fraction of sp³-hybridized carbons (Fsp3) is 0.200. The summed E-state index contributed by atoms with van der Waals surface area (Å²) in [5.74, 6) is 0.583. The molecule has 32 heavy (non-hydrogen) atoms. The molecule has 7 heteroatoms. The molecule has 0 bridgehead atoms. The number of hydrogen-bond acceptors (Lipinski definition) is 6. The average Bonchev–Trinajstić information content (AvgIpc) is 2.86. The summed E-state index contributed by atoms with van der Waals surface area (Å²) in [6, 6.07) is 21.9. The van der Waals surface area contributed by atoms with E-state index in [1.165, 1.54) is 19.1 Å². The van der Waals surface area contributed by atoms with Crippen LogP contribution in [0.15, 0.2) is 72.8 Å². The van der Waals surface area contributed by atoms with Crippen LogP contribution in [-0.4, -0.2) is 38.7 Å². The summed E-state index contributed by atoms with van der Waals surface area (Å²) in [4.78, 5) is 27.0. The molecule has 0 saturated carbocycles. The molecule has 0 aliphatic carbocycles. The average molecular weight is 433 g/mol. The number of anilines is 1. The molecule has 0 aromatic heterocycles. The van der Waals surface area contributed by atoms with Gasteiger partial charge >= 0.3 is 5.97 Å². The Morgan fingerprint density at radius 3 is 2.47 bits per heavy atom. The normalized spacial score (nSPS) is 14.7. The van der Waals surface area contributed by atoms with E-state index in [1.807, 2.05) is 36.4 Å². The summed E-state index contributed by atoms with van der Waals surface area (Å²) in [6.45, 7) is 0.416. The molecule has 1 aliphatic heterocycles. The largest absolute Gasteiger partial charge is 0.493 e. The SMILES string of the molecule is COC(=O)[C@@H]1CN(C(=O)c2ccc(OCc3ccccc3)c(OC)c2)c2ccccc2O1. The van der Waals surface area contributed by atoms with Crippen molar-refractivity contribution in [1.82, 2.24) is 0 Å². The Labute approximate surface area is 186 Å². The van der Waals surface area contributed by atoms with Gasteiger partial charge in [0.2, 0.25) is 6.10 Å². The van der Waals surface area contributed by atoms with Gasteiger partial charge in [-0.1, -0.05) is 42.5 Å². The second-order valence-electron chi connectivity index (χ2n) is 7.15. The molecule has 0 unspecified atom stereocenters. The third-order valence-corrected chi connectivity index (χ3v) is 5.13. The zero-order valence-corrected chi connectivity index (χ0v) is 17.8. The van der Waals surface area contributed by atoms with Crippen molar-refractivity contribution in [3.8, 4) is 17.2 Å². The van der Waals surface area contributed by atoms with Crippen molar-refractivity contribution in [3.05, 3.63) is 83.9 Å². The predicted molar refractivity (Wildman–Crippen MR) is 118 cm³/mol. The molecule has 1 amide bonds. The van der Waals surface area contributed by atoms with E-state index in [2.05, 4.69) is 0 Å². The Morgan fingerprint density at radius 1 is 0.969 bits per heavy atom. The minimum absolute atomic E-state index is 0.0388. The smallest absolute Gasteiger partial charge is 0.348 e. The van der Waals surface area contributed by atoms with E-state index in [0.717, 1.165) is 5.56 Å². The number of amides is 1. The summed E-state index contributed by atoms with van der Waals surface area (Å²) in [5, 5.41) is 0. The lowest BCUT2D eigenvalue weighted by Crippen LogP contribution is -2.47. The molecular weight excluding hydrogens is 410 g/mol. The maximum Gasteiger partial charge on any atom is 0.348 e. The molecule has 0 saturated heterocycles. The fourth-order valence-corrected chi connectivity index (χ4v) is 3.49. The van der Waals surface area contributed by atoms with Crippen LogP contribution in [0.25, 0.3) is 0 Å². The maximum absolute atomic E-state index is 13.4. The Balaban J connectivity index is 1.59. The number of rotatable bonds is 6. The van der Waals surface area contributed by atoms with Crippen molar-refractivity contribution in [2.75, 3.05) is 25.7 Å². The number of methoxy groups -OCH3 is 2. The summed E-state index contributed by atoms with van der Waals surface area (Å²) in [6.07, 6.45) is -0.908. The highest BCUT2D eigenvalue weighted by molar-refractivity contribution is 6.08. The van der Waals surface area contributed by atoms with Gasteiger partial charge in [-0.25, -0.2) is 4.79 Å². The van der Waals surface area contributed by atoms with Crippen LogP contribution in [0.4, 0.5) is 5.69 Å². The van der Waals surface area contributed by atoms with E-state index in [-0.39, 0.29) is 12.5 Å². The first-order valence-corrected chi connectivity index (χ1v) is 10.1. The lowest BCUT2D eigenvalue weighted by Gasteiger charge is -2.33. The monoisotopic (exact) mass is 433 g/mol. The van der Waals surface area contributed by atoms with Crippen molar-refractivity contribution in [2.45, 2.75) is 12.7 Å². The quantitative estimate of drug-likeness (QED) is 0.550. The molecule has 0 N–H and O–H groups in total. The van der Waals surface area contributed by atoms with E-state index in [9.17, 15) is 9.59 Å². The number of ether oxygens (including phenoxy) is 4. The summed E-state index contributed by atoms with van der Waals surface area (Å²) >= 11 is 0. The van der Waals surface area contributed by atoms with Gasteiger partial charge in [0.1, 0.15) is 12.4 Å². The molecule has 164 valence electrons. The van der Waals surface area contributed by atoms with Crippen LogP contribution in [0.2, 0.25) is 0 Å². The highest BCUT2D eigenvalue weighted by Crippen LogP contribution is 2.35. The van der Waals surface area contributed by atoms with Crippen molar-refractivity contribution >= 4 is 17.6 Å². The molecule has 1 heterocycles.